The third-order valence-corrected chi connectivity index (χ3v) is 6.80. The van der Waals surface area contributed by atoms with Crippen LogP contribution in [0.15, 0.2) is 71.6 Å². The molecule has 0 unspecified atom stereocenters. The van der Waals surface area contributed by atoms with Crippen LogP contribution >= 0.6 is 0 Å². The molecule has 0 spiro atoms. The zero-order valence-corrected chi connectivity index (χ0v) is 18.5. The summed E-state index contributed by atoms with van der Waals surface area (Å²) in [5, 5.41) is 2.91. The second-order valence-corrected chi connectivity index (χ2v) is 9.43. The summed E-state index contributed by atoms with van der Waals surface area (Å²) in [4.78, 5) is 12.8. The summed E-state index contributed by atoms with van der Waals surface area (Å²) in [5.41, 5.74) is 4.89. The molecule has 0 bridgehead atoms. The minimum Gasteiger partial charge on any atom is -0.348 e. The molecule has 3 rings (SSSR count). The zero-order valence-electron chi connectivity index (χ0n) is 17.6. The first kappa shape index (κ1) is 21.6. The first-order chi connectivity index (χ1) is 14.2. The lowest BCUT2D eigenvalue weighted by Crippen LogP contribution is -2.27. The summed E-state index contributed by atoms with van der Waals surface area (Å²) >= 11 is 0. The molecule has 0 atom stereocenters. The number of carbonyl (C=O) groups excluding carboxylic acids is 1. The van der Waals surface area contributed by atoms with E-state index in [4.69, 9.17) is 0 Å². The Balaban J connectivity index is 1.77. The van der Waals surface area contributed by atoms with Crippen LogP contribution in [0.25, 0.3) is 0 Å². The molecule has 6 heteroatoms. The van der Waals surface area contributed by atoms with Crippen LogP contribution in [0.5, 0.6) is 0 Å². The standard InChI is InChI=1S/C24H26N2O3S/c1-17-8-11-22(12-9-17)30(28,29)26(4)23-13-10-21(15-19(23)3)24(27)25-16-20-7-5-6-18(2)14-20/h5-15H,16H2,1-4H3,(H,25,27). The highest BCUT2D eigenvalue weighted by atomic mass is 32.2. The molecule has 0 saturated carbocycles. The number of hydrogen-bond acceptors (Lipinski definition) is 3. The van der Waals surface area contributed by atoms with Crippen molar-refractivity contribution in [2.45, 2.75) is 32.2 Å². The SMILES string of the molecule is Cc1ccc(S(=O)(=O)N(C)c2ccc(C(=O)NCc3cccc(C)c3)cc2C)cc1. The number of aryl methyl sites for hydroxylation is 3. The summed E-state index contributed by atoms with van der Waals surface area (Å²) in [6.45, 7) is 6.15. The molecule has 1 N–H and O–H groups in total. The largest absolute Gasteiger partial charge is 0.348 e. The Morgan fingerprint density at radius 2 is 1.60 bits per heavy atom. The highest BCUT2D eigenvalue weighted by molar-refractivity contribution is 7.92. The molecule has 30 heavy (non-hydrogen) atoms. The summed E-state index contributed by atoms with van der Waals surface area (Å²) in [7, 11) is -2.16. The third kappa shape index (κ3) is 4.71. The highest BCUT2D eigenvalue weighted by Gasteiger charge is 2.22. The fourth-order valence-electron chi connectivity index (χ4n) is 3.25. The van der Waals surface area contributed by atoms with Crippen LogP contribution in [0.3, 0.4) is 0 Å². The molecule has 0 saturated heterocycles. The monoisotopic (exact) mass is 422 g/mol. The van der Waals surface area contributed by atoms with Crippen LogP contribution in [-0.2, 0) is 16.6 Å². The maximum Gasteiger partial charge on any atom is 0.264 e. The fraction of sp³-hybridized carbons (Fsp3) is 0.208. The molecule has 0 aliphatic carbocycles. The van der Waals surface area contributed by atoms with Gasteiger partial charge >= 0.3 is 0 Å². The molecule has 1 amide bonds. The molecule has 0 aliphatic heterocycles. The number of amides is 1. The van der Waals surface area contributed by atoms with E-state index in [1.807, 2.05) is 38.1 Å². The number of hydrogen-bond donors (Lipinski definition) is 1. The minimum absolute atomic E-state index is 0.199. The van der Waals surface area contributed by atoms with E-state index in [2.05, 4.69) is 5.32 Å². The van der Waals surface area contributed by atoms with Gasteiger partial charge in [-0.25, -0.2) is 8.42 Å². The highest BCUT2D eigenvalue weighted by Crippen LogP contribution is 2.26. The quantitative estimate of drug-likeness (QED) is 0.642. The van der Waals surface area contributed by atoms with E-state index in [0.29, 0.717) is 23.4 Å². The maximum absolute atomic E-state index is 12.9. The van der Waals surface area contributed by atoms with Gasteiger partial charge in [0.05, 0.1) is 10.6 Å². The first-order valence-electron chi connectivity index (χ1n) is 9.68. The number of rotatable bonds is 6. The maximum atomic E-state index is 12.9. The van der Waals surface area contributed by atoms with Gasteiger partial charge in [0.25, 0.3) is 15.9 Å². The summed E-state index contributed by atoms with van der Waals surface area (Å²) in [6, 6.07) is 19.7. The van der Waals surface area contributed by atoms with E-state index in [1.54, 1.807) is 49.4 Å². The Kier molecular flexibility index (Phi) is 6.27. The van der Waals surface area contributed by atoms with Gasteiger partial charge in [0.15, 0.2) is 0 Å². The van der Waals surface area contributed by atoms with Gasteiger partial charge in [0.1, 0.15) is 0 Å². The Morgan fingerprint density at radius 1 is 0.900 bits per heavy atom. The zero-order chi connectivity index (χ0) is 21.9. The Bertz CT molecular complexity index is 1170. The van der Waals surface area contributed by atoms with E-state index in [-0.39, 0.29) is 10.8 Å². The molecule has 3 aromatic carbocycles. The minimum atomic E-state index is -3.68. The molecule has 0 radical (unpaired) electrons. The van der Waals surface area contributed by atoms with Crippen LogP contribution in [-0.4, -0.2) is 21.4 Å². The van der Waals surface area contributed by atoms with Crippen molar-refractivity contribution in [3.8, 4) is 0 Å². The molecule has 0 aliphatic rings. The predicted molar refractivity (Wildman–Crippen MR) is 120 cm³/mol. The Labute approximate surface area is 178 Å². The van der Waals surface area contributed by atoms with E-state index in [0.717, 1.165) is 16.7 Å². The number of carbonyl (C=O) groups is 1. The lowest BCUT2D eigenvalue weighted by atomic mass is 10.1. The molecule has 156 valence electrons. The van der Waals surface area contributed by atoms with E-state index >= 15 is 0 Å². The van der Waals surface area contributed by atoms with Crippen molar-refractivity contribution < 1.29 is 13.2 Å². The third-order valence-electron chi connectivity index (χ3n) is 5.01. The number of sulfonamides is 1. The van der Waals surface area contributed by atoms with E-state index < -0.39 is 10.0 Å². The molecule has 3 aromatic rings. The van der Waals surface area contributed by atoms with Crippen molar-refractivity contribution in [2.75, 3.05) is 11.4 Å². The van der Waals surface area contributed by atoms with E-state index in [1.165, 1.54) is 11.4 Å². The van der Waals surface area contributed by atoms with Crippen molar-refractivity contribution in [3.05, 3.63) is 94.5 Å². The van der Waals surface area contributed by atoms with Gasteiger partial charge in [-0.05, 0) is 62.2 Å². The molecule has 0 fully saturated rings. The van der Waals surface area contributed by atoms with Crippen LogP contribution in [0.4, 0.5) is 5.69 Å². The fourth-order valence-corrected chi connectivity index (χ4v) is 4.51. The molecular weight excluding hydrogens is 396 g/mol. The molecule has 0 aromatic heterocycles. The van der Waals surface area contributed by atoms with Crippen molar-refractivity contribution in [1.82, 2.24) is 5.32 Å². The first-order valence-corrected chi connectivity index (χ1v) is 11.1. The van der Waals surface area contributed by atoms with Gasteiger partial charge < -0.3 is 5.32 Å². The molecule has 5 nitrogen and oxygen atoms in total. The van der Waals surface area contributed by atoms with Gasteiger partial charge in [-0.15, -0.1) is 0 Å². The Hall–Kier alpha value is -3.12. The predicted octanol–water partition coefficient (Wildman–Crippen LogP) is 4.37. The smallest absolute Gasteiger partial charge is 0.264 e. The van der Waals surface area contributed by atoms with Crippen LogP contribution in [0, 0.1) is 20.8 Å². The number of anilines is 1. The molecular formula is C24H26N2O3S. The number of nitrogens with one attached hydrogen (secondary N) is 1. The van der Waals surface area contributed by atoms with Crippen molar-refractivity contribution in [2.24, 2.45) is 0 Å². The second-order valence-electron chi connectivity index (χ2n) is 7.46. The second kappa shape index (κ2) is 8.71. The topological polar surface area (TPSA) is 66.5 Å². The average Bonchev–Trinajstić information content (AvgIpc) is 2.72. The van der Waals surface area contributed by atoms with Gasteiger partial charge in [-0.2, -0.15) is 0 Å². The number of benzene rings is 3. The van der Waals surface area contributed by atoms with Gasteiger partial charge in [0.2, 0.25) is 0 Å². The van der Waals surface area contributed by atoms with Crippen LogP contribution < -0.4 is 9.62 Å². The summed E-state index contributed by atoms with van der Waals surface area (Å²) in [6.07, 6.45) is 0. The Morgan fingerprint density at radius 3 is 2.23 bits per heavy atom. The average molecular weight is 423 g/mol. The molecule has 0 heterocycles. The number of nitrogens with zero attached hydrogens (tertiary/aromatic N) is 1. The lowest BCUT2D eigenvalue weighted by molar-refractivity contribution is 0.0951. The summed E-state index contributed by atoms with van der Waals surface area (Å²) < 4.78 is 27.1. The van der Waals surface area contributed by atoms with Crippen molar-refractivity contribution in [1.29, 1.82) is 0 Å². The normalized spacial score (nSPS) is 11.2. The van der Waals surface area contributed by atoms with Crippen LogP contribution in [0.1, 0.15) is 32.6 Å². The van der Waals surface area contributed by atoms with Crippen molar-refractivity contribution >= 4 is 21.6 Å². The van der Waals surface area contributed by atoms with Gasteiger partial charge in [0, 0.05) is 19.2 Å². The van der Waals surface area contributed by atoms with Gasteiger partial charge in [-0.3, -0.25) is 9.10 Å². The van der Waals surface area contributed by atoms with E-state index in [9.17, 15) is 13.2 Å². The van der Waals surface area contributed by atoms with Crippen LogP contribution in [0.2, 0.25) is 0 Å². The summed E-state index contributed by atoms with van der Waals surface area (Å²) in [5.74, 6) is -0.199. The van der Waals surface area contributed by atoms with Crippen molar-refractivity contribution in [3.63, 3.8) is 0 Å². The van der Waals surface area contributed by atoms with Gasteiger partial charge in [-0.1, -0.05) is 47.5 Å². The lowest BCUT2D eigenvalue weighted by Gasteiger charge is -2.22.